The minimum atomic E-state index is -0.136. The maximum Gasteiger partial charge on any atom is 0.253 e. The molecule has 0 fully saturated rings. The number of rotatable bonds is 5. The zero-order chi connectivity index (χ0) is 19.3. The highest BCUT2D eigenvalue weighted by molar-refractivity contribution is 6.31. The maximum absolute atomic E-state index is 12.8. The van der Waals surface area contributed by atoms with Gasteiger partial charge in [-0.2, -0.15) is 0 Å². The van der Waals surface area contributed by atoms with Crippen LogP contribution in [-0.2, 0) is 6.54 Å². The lowest BCUT2D eigenvalue weighted by Gasteiger charge is -2.14. The molecule has 0 aliphatic rings. The van der Waals surface area contributed by atoms with Gasteiger partial charge < -0.3 is 10.6 Å². The monoisotopic (exact) mass is 387 g/mol. The van der Waals surface area contributed by atoms with Gasteiger partial charge in [-0.15, -0.1) is 0 Å². The van der Waals surface area contributed by atoms with Crippen LogP contribution in [0.4, 0.5) is 11.4 Å². The first-order valence-electron chi connectivity index (χ1n) is 8.93. The molecule has 0 atom stereocenters. The topological polar surface area (TPSA) is 54.0 Å². The molecule has 4 rings (SSSR count). The molecule has 1 aromatic heterocycles. The third kappa shape index (κ3) is 3.97. The summed E-state index contributed by atoms with van der Waals surface area (Å²) in [7, 11) is 0. The second-order valence-corrected chi connectivity index (χ2v) is 6.80. The fraction of sp³-hybridized carbons (Fsp3) is 0.0435. The number of halogens is 1. The van der Waals surface area contributed by atoms with Crippen molar-refractivity contribution in [2.45, 2.75) is 6.54 Å². The molecule has 1 amide bonds. The molecule has 0 saturated heterocycles. The van der Waals surface area contributed by atoms with Gasteiger partial charge in [-0.25, -0.2) is 0 Å². The number of anilines is 2. The third-order valence-electron chi connectivity index (χ3n) is 4.44. The van der Waals surface area contributed by atoms with E-state index in [0.717, 1.165) is 27.8 Å². The largest absolute Gasteiger partial charge is 0.354 e. The first kappa shape index (κ1) is 18.0. The van der Waals surface area contributed by atoms with Crippen LogP contribution < -0.4 is 10.6 Å². The van der Waals surface area contributed by atoms with Crippen molar-refractivity contribution in [3.63, 3.8) is 0 Å². The van der Waals surface area contributed by atoms with Crippen LogP contribution in [0, 0.1) is 0 Å². The predicted molar refractivity (Wildman–Crippen MR) is 114 cm³/mol. The second kappa shape index (κ2) is 8.11. The summed E-state index contributed by atoms with van der Waals surface area (Å²) in [4.78, 5) is 17.1. The number of fused-ring (bicyclic) bond motifs is 1. The summed E-state index contributed by atoms with van der Waals surface area (Å²) in [5.41, 5.74) is 4.03. The van der Waals surface area contributed by atoms with E-state index >= 15 is 0 Å². The van der Waals surface area contributed by atoms with Gasteiger partial charge in [0.1, 0.15) is 0 Å². The van der Waals surface area contributed by atoms with Gasteiger partial charge in [-0.05, 0) is 42.0 Å². The second-order valence-electron chi connectivity index (χ2n) is 6.36. The number of nitrogens with zero attached hydrogens (tertiary/aromatic N) is 1. The van der Waals surface area contributed by atoms with Crippen LogP contribution in [0.2, 0.25) is 5.02 Å². The molecule has 0 radical (unpaired) electrons. The van der Waals surface area contributed by atoms with Gasteiger partial charge in [-0.3, -0.25) is 9.78 Å². The molecule has 0 aliphatic carbocycles. The molecule has 0 aliphatic heterocycles. The number of benzene rings is 3. The van der Waals surface area contributed by atoms with Gasteiger partial charge in [-0.1, -0.05) is 54.1 Å². The number of aromatic nitrogens is 1. The van der Waals surface area contributed by atoms with Crippen molar-refractivity contribution in [3.05, 3.63) is 101 Å². The molecule has 1 heterocycles. The summed E-state index contributed by atoms with van der Waals surface area (Å²) in [5, 5.41) is 7.87. The Kier molecular flexibility index (Phi) is 5.22. The zero-order valence-electron chi connectivity index (χ0n) is 15.0. The van der Waals surface area contributed by atoms with Crippen LogP contribution in [0.3, 0.4) is 0 Å². The van der Waals surface area contributed by atoms with Gasteiger partial charge >= 0.3 is 0 Å². The summed E-state index contributed by atoms with van der Waals surface area (Å²) in [6.07, 6.45) is 1.73. The number of carbonyl (C=O) groups is 1. The molecular weight excluding hydrogens is 370 g/mol. The van der Waals surface area contributed by atoms with E-state index in [1.807, 2.05) is 72.8 Å². The van der Waals surface area contributed by atoms with E-state index in [0.29, 0.717) is 17.1 Å². The third-order valence-corrected chi connectivity index (χ3v) is 4.68. The Balaban J connectivity index is 1.60. The van der Waals surface area contributed by atoms with Crippen molar-refractivity contribution < 1.29 is 4.79 Å². The molecule has 138 valence electrons. The Morgan fingerprint density at radius 2 is 1.68 bits per heavy atom. The SMILES string of the molecule is O=C(NCc1ccccc1)c1ccccc1Nc1ccnc2ccc(Cl)cc12. The van der Waals surface area contributed by atoms with Gasteiger partial charge in [0.15, 0.2) is 0 Å². The maximum atomic E-state index is 12.8. The van der Waals surface area contributed by atoms with Crippen LogP contribution in [0.15, 0.2) is 85.1 Å². The Hall–Kier alpha value is -3.37. The molecule has 3 aromatic carbocycles. The van der Waals surface area contributed by atoms with E-state index in [2.05, 4.69) is 15.6 Å². The Morgan fingerprint density at radius 1 is 0.893 bits per heavy atom. The average molecular weight is 388 g/mol. The van der Waals surface area contributed by atoms with Crippen molar-refractivity contribution in [1.82, 2.24) is 10.3 Å². The molecule has 0 unspecified atom stereocenters. The Labute approximate surface area is 168 Å². The van der Waals surface area contributed by atoms with Crippen LogP contribution in [0.1, 0.15) is 15.9 Å². The van der Waals surface area contributed by atoms with Gasteiger partial charge in [0.05, 0.1) is 16.8 Å². The smallest absolute Gasteiger partial charge is 0.253 e. The average Bonchev–Trinajstić information content (AvgIpc) is 2.73. The molecule has 0 saturated carbocycles. The van der Waals surface area contributed by atoms with E-state index < -0.39 is 0 Å². The van der Waals surface area contributed by atoms with E-state index in [9.17, 15) is 4.79 Å². The van der Waals surface area contributed by atoms with E-state index in [1.165, 1.54) is 0 Å². The lowest BCUT2D eigenvalue weighted by atomic mass is 10.1. The fourth-order valence-corrected chi connectivity index (χ4v) is 3.21. The van der Waals surface area contributed by atoms with Crippen molar-refractivity contribution in [2.24, 2.45) is 0 Å². The quantitative estimate of drug-likeness (QED) is 0.471. The number of hydrogen-bond acceptors (Lipinski definition) is 3. The van der Waals surface area contributed by atoms with Gasteiger partial charge in [0.2, 0.25) is 0 Å². The Bertz CT molecular complexity index is 1130. The highest BCUT2D eigenvalue weighted by atomic mass is 35.5. The molecule has 4 aromatic rings. The molecule has 28 heavy (non-hydrogen) atoms. The number of hydrogen-bond donors (Lipinski definition) is 2. The standard InChI is InChI=1S/C23H18ClN3O/c24-17-10-11-20-19(14-17)22(12-13-25-20)27-21-9-5-4-8-18(21)23(28)26-15-16-6-2-1-3-7-16/h1-14H,15H2,(H,25,27)(H,26,28). The number of carbonyl (C=O) groups excluding carboxylic acids is 1. The minimum absolute atomic E-state index is 0.136. The molecule has 2 N–H and O–H groups in total. The molecule has 0 bridgehead atoms. The first-order valence-corrected chi connectivity index (χ1v) is 9.31. The van der Waals surface area contributed by atoms with Crippen molar-refractivity contribution in [1.29, 1.82) is 0 Å². The molecule has 0 spiro atoms. The van der Waals surface area contributed by atoms with Crippen LogP contribution in [0.5, 0.6) is 0 Å². The fourth-order valence-electron chi connectivity index (χ4n) is 3.04. The minimum Gasteiger partial charge on any atom is -0.354 e. The molecule has 5 heteroatoms. The molecular formula is C23H18ClN3O. The normalized spacial score (nSPS) is 10.6. The van der Waals surface area contributed by atoms with Crippen molar-refractivity contribution in [3.8, 4) is 0 Å². The van der Waals surface area contributed by atoms with Gasteiger partial charge in [0, 0.05) is 28.8 Å². The summed E-state index contributed by atoms with van der Waals surface area (Å²) < 4.78 is 0. The lowest BCUT2D eigenvalue weighted by molar-refractivity contribution is 0.0952. The summed E-state index contributed by atoms with van der Waals surface area (Å²) in [6.45, 7) is 0.474. The number of nitrogens with one attached hydrogen (secondary N) is 2. The molecule has 4 nitrogen and oxygen atoms in total. The highest BCUT2D eigenvalue weighted by Crippen LogP contribution is 2.29. The summed E-state index contributed by atoms with van der Waals surface area (Å²) >= 11 is 6.16. The van der Waals surface area contributed by atoms with Gasteiger partial charge in [0.25, 0.3) is 5.91 Å². The van der Waals surface area contributed by atoms with Crippen LogP contribution in [0.25, 0.3) is 10.9 Å². The zero-order valence-corrected chi connectivity index (χ0v) is 15.8. The van der Waals surface area contributed by atoms with Crippen molar-refractivity contribution in [2.75, 3.05) is 5.32 Å². The number of amides is 1. The van der Waals surface area contributed by atoms with E-state index in [-0.39, 0.29) is 5.91 Å². The van der Waals surface area contributed by atoms with E-state index in [4.69, 9.17) is 11.6 Å². The predicted octanol–water partition coefficient (Wildman–Crippen LogP) is 5.56. The Morgan fingerprint density at radius 3 is 2.54 bits per heavy atom. The van der Waals surface area contributed by atoms with Crippen LogP contribution in [-0.4, -0.2) is 10.9 Å². The first-order chi connectivity index (χ1) is 13.7. The summed E-state index contributed by atoms with van der Waals surface area (Å²) in [5.74, 6) is -0.136. The number of pyridine rings is 1. The lowest BCUT2D eigenvalue weighted by Crippen LogP contribution is -2.23. The highest BCUT2D eigenvalue weighted by Gasteiger charge is 2.12. The number of para-hydroxylation sites is 1. The summed E-state index contributed by atoms with van der Waals surface area (Å²) in [6, 6.07) is 24.7. The van der Waals surface area contributed by atoms with Crippen LogP contribution >= 0.6 is 11.6 Å². The van der Waals surface area contributed by atoms with E-state index in [1.54, 1.807) is 12.3 Å². The van der Waals surface area contributed by atoms with Crippen molar-refractivity contribution >= 4 is 39.8 Å².